The molecule has 0 radical (unpaired) electrons. The van der Waals surface area contributed by atoms with Gasteiger partial charge in [0.2, 0.25) is 0 Å². The lowest BCUT2D eigenvalue weighted by molar-refractivity contribution is 0.817. The van der Waals surface area contributed by atoms with Crippen LogP contribution in [0.4, 0.5) is 0 Å². The van der Waals surface area contributed by atoms with E-state index in [9.17, 15) is 0 Å². The second-order valence-corrected chi connectivity index (χ2v) is 4.57. The van der Waals surface area contributed by atoms with Gasteiger partial charge in [-0.2, -0.15) is 5.10 Å². The molecule has 0 aliphatic rings. The first-order valence-corrected chi connectivity index (χ1v) is 5.47. The molecule has 2 heterocycles. The normalized spacial score (nSPS) is 11.6. The van der Waals surface area contributed by atoms with Crippen LogP contribution in [0.5, 0.6) is 0 Å². The molecule has 0 atom stereocenters. The first kappa shape index (κ1) is 10.7. The van der Waals surface area contributed by atoms with Gasteiger partial charge in [0.15, 0.2) is 5.65 Å². The van der Waals surface area contributed by atoms with Crippen LogP contribution < -0.4 is 0 Å². The van der Waals surface area contributed by atoms with Crippen LogP contribution in [0.3, 0.4) is 0 Å². The molecule has 0 aliphatic heterocycles. The minimum absolute atomic E-state index is 0.329. The Morgan fingerprint density at radius 1 is 1.27 bits per heavy atom. The third-order valence-electron chi connectivity index (χ3n) is 2.41. The Morgan fingerprint density at radius 3 is 2.53 bits per heavy atom. The molecular formula is C10H11Cl2N3. The summed E-state index contributed by atoms with van der Waals surface area (Å²) in [7, 11) is 0. The van der Waals surface area contributed by atoms with E-state index >= 15 is 0 Å². The minimum atomic E-state index is 0.329. The van der Waals surface area contributed by atoms with Crippen LogP contribution in [0.2, 0.25) is 10.2 Å². The quantitative estimate of drug-likeness (QED) is 0.777. The van der Waals surface area contributed by atoms with Crippen molar-refractivity contribution in [1.82, 2.24) is 15.2 Å². The second kappa shape index (κ2) is 3.65. The van der Waals surface area contributed by atoms with Crippen LogP contribution in [0.25, 0.3) is 11.0 Å². The van der Waals surface area contributed by atoms with Gasteiger partial charge in [-0.15, -0.1) is 0 Å². The molecule has 1 N–H and O–H groups in total. The van der Waals surface area contributed by atoms with E-state index in [4.69, 9.17) is 23.2 Å². The van der Waals surface area contributed by atoms with Crippen molar-refractivity contribution in [2.45, 2.75) is 26.7 Å². The third-order valence-corrected chi connectivity index (χ3v) is 3.26. The summed E-state index contributed by atoms with van der Waals surface area (Å²) >= 11 is 12.2. The number of rotatable bonds is 1. The summed E-state index contributed by atoms with van der Waals surface area (Å²) in [6.45, 7) is 6.01. The lowest BCUT2D eigenvalue weighted by atomic mass is 10.1. The number of nitrogens with one attached hydrogen (secondary N) is 1. The van der Waals surface area contributed by atoms with E-state index in [2.05, 4.69) is 29.0 Å². The van der Waals surface area contributed by atoms with Crippen molar-refractivity contribution in [1.29, 1.82) is 0 Å². The fraction of sp³-hybridized carbons (Fsp3) is 0.400. The zero-order chi connectivity index (χ0) is 11.2. The summed E-state index contributed by atoms with van der Waals surface area (Å²) in [4.78, 5) is 4.18. The molecule has 2 aromatic rings. The molecule has 80 valence electrons. The summed E-state index contributed by atoms with van der Waals surface area (Å²) in [6, 6.07) is 0. The molecule has 3 nitrogen and oxygen atoms in total. The van der Waals surface area contributed by atoms with Crippen molar-refractivity contribution in [2.75, 3.05) is 0 Å². The van der Waals surface area contributed by atoms with Crippen LogP contribution in [-0.4, -0.2) is 15.2 Å². The SMILES string of the molecule is Cc1c(Cl)nc2n[nH]c(C(C)C)c2c1Cl. The Hall–Kier alpha value is -0.800. The summed E-state index contributed by atoms with van der Waals surface area (Å²) in [6.07, 6.45) is 0. The van der Waals surface area contributed by atoms with Crippen molar-refractivity contribution in [2.24, 2.45) is 0 Å². The van der Waals surface area contributed by atoms with Gasteiger partial charge in [-0.1, -0.05) is 37.0 Å². The number of aromatic amines is 1. The van der Waals surface area contributed by atoms with E-state index < -0.39 is 0 Å². The van der Waals surface area contributed by atoms with Crippen molar-refractivity contribution in [3.05, 3.63) is 21.4 Å². The van der Waals surface area contributed by atoms with Gasteiger partial charge >= 0.3 is 0 Å². The molecule has 0 saturated heterocycles. The van der Waals surface area contributed by atoms with Gasteiger partial charge in [0.25, 0.3) is 0 Å². The Morgan fingerprint density at radius 2 is 1.93 bits per heavy atom. The Labute approximate surface area is 97.8 Å². The van der Waals surface area contributed by atoms with E-state index in [1.165, 1.54) is 0 Å². The zero-order valence-electron chi connectivity index (χ0n) is 8.73. The highest BCUT2D eigenvalue weighted by molar-refractivity contribution is 6.39. The van der Waals surface area contributed by atoms with Crippen LogP contribution >= 0.6 is 23.2 Å². The molecule has 2 aromatic heterocycles. The minimum Gasteiger partial charge on any atom is -0.279 e. The molecule has 5 heteroatoms. The van der Waals surface area contributed by atoms with E-state index in [1.54, 1.807) is 0 Å². The Bertz CT molecular complexity index is 517. The maximum atomic E-state index is 6.24. The van der Waals surface area contributed by atoms with E-state index in [0.717, 1.165) is 16.6 Å². The van der Waals surface area contributed by atoms with Gasteiger partial charge in [0.05, 0.1) is 10.4 Å². The standard InChI is InChI=1S/C10H11Cl2N3/c1-4(2)8-6-7(11)5(3)9(12)13-10(6)15-14-8/h4H,1-3H3,(H,13,14,15). The number of pyridine rings is 1. The van der Waals surface area contributed by atoms with E-state index in [-0.39, 0.29) is 0 Å². The molecule has 0 unspecified atom stereocenters. The maximum Gasteiger partial charge on any atom is 0.184 e. The number of nitrogens with zero attached hydrogens (tertiary/aromatic N) is 2. The molecule has 0 saturated carbocycles. The summed E-state index contributed by atoms with van der Waals surface area (Å²) < 4.78 is 0. The first-order valence-electron chi connectivity index (χ1n) is 4.72. The molecule has 2 rings (SSSR count). The van der Waals surface area contributed by atoms with Crippen molar-refractivity contribution >= 4 is 34.2 Å². The van der Waals surface area contributed by atoms with Gasteiger partial charge in [-0.25, -0.2) is 4.98 Å². The largest absolute Gasteiger partial charge is 0.279 e. The number of halogens is 2. The number of hydrogen-bond acceptors (Lipinski definition) is 2. The number of aromatic nitrogens is 3. The zero-order valence-corrected chi connectivity index (χ0v) is 10.2. The fourth-order valence-electron chi connectivity index (χ4n) is 1.52. The predicted octanol–water partition coefficient (Wildman–Crippen LogP) is 3.70. The third kappa shape index (κ3) is 1.60. The topological polar surface area (TPSA) is 41.6 Å². The molecule has 0 aromatic carbocycles. The van der Waals surface area contributed by atoms with Crippen LogP contribution in [0, 0.1) is 6.92 Å². The number of fused-ring (bicyclic) bond motifs is 1. The first-order chi connectivity index (χ1) is 7.02. The van der Waals surface area contributed by atoms with E-state index in [1.807, 2.05) is 6.92 Å². The highest BCUT2D eigenvalue weighted by atomic mass is 35.5. The van der Waals surface area contributed by atoms with Crippen molar-refractivity contribution in [3.8, 4) is 0 Å². The van der Waals surface area contributed by atoms with Crippen LogP contribution in [-0.2, 0) is 0 Å². The van der Waals surface area contributed by atoms with Gasteiger partial charge in [-0.3, -0.25) is 5.10 Å². The highest BCUT2D eigenvalue weighted by Gasteiger charge is 2.16. The molecule has 0 bridgehead atoms. The summed E-state index contributed by atoms with van der Waals surface area (Å²) in [5.74, 6) is 0.329. The number of hydrogen-bond donors (Lipinski definition) is 1. The van der Waals surface area contributed by atoms with Crippen LogP contribution in [0.1, 0.15) is 31.0 Å². The predicted molar refractivity (Wildman–Crippen MR) is 62.7 cm³/mol. The Balaban J connectivity index is 2.85. The molecular weight excluding hydrogens is 233 g/mol. The molecule has 0 aliphatic carbocycles. The van der Waals surface area contributed by atoms with E-state index in [0.29, 0.717) is 21.7 Å². The molecule has 0 fully saturated rings. The molecule has 15 heavy (non-hydrogen) atoms. The molecule has 0 spiro atoms. The van der Waals surface area contributed by atoms with Gasteiger partial charge in [-0.05, 0) is 12.8 Å². The highest BCUT2D eigenvalue weighted by Crippen LogP contribution is 2.33. The van der Waals surface area contributed by atoms with Gasteiger partial charge in [0, 0.05) is 11.3 Å². The van der Waals surface area contributed by atoms with Crippen molar-refractivity contribution < 1.29 is 0 Å². The lowest BCUT2D eigenvalue weighted by Crippen LogP contribution is -1.90. The fourth-order valence-corrected chi connectivity index (χ4v) is 2.01. The molecule has 0 amide bonds. The van der Waals surface area contributed by atoms with Gasteiger partial charge in [0.1, 0.15) is 5.15 Å². The van der Waals surface area contributed by atoms with Crippen molar-refractivity contribution in [3.63, 3.8) is 0 Å². The maximum absolute atomic E-state index is 6.24. The van der Waals surface area contributed by atoms with Crippen LogP contribution in [0.15, 0.2) is 0 Å². The Kier molecular flexibility index (Phi) is 2.61. The summed E-state index contributed by atoms with van der Waals surface area (Å²) in [5, 5.41) is 8.99. The number of H-pyrrole nitrogens is 1. The summed E-state index contributed by atoms with van der Waals surface area (Å²) in [5.41, 5.74) is 2.38. The average molecular weight is 244 g/mol. The second-order valence-electron chi connectivity index (χ2n) is 3.83. The lowest BCUT2D eigenvalue weighted by Gasteiger charge is -2.05. The van der Waals surface area contributed by atoms with Gasteiger partial charge < -0.3 is 0 Å². The smallest absolute Gasteiger partial charge is 0.184 e. The average Bonchev–Trinajstić information content (AvgIpc) is 2.58. The monoisotopic (exact) mass is 243 g/mol.